The lowest BCUT2D eigenvalue weighted by Gasteiger charge is -2.28. The molecule has 0 atom stereocenters. The molecule has 1 aliphatic carbocycles. The summed E-state index contributed by atoms with van der Waals surface area (Å²) in [6, 6.07) is 4.00. The highest BCUT2D eigenvalue weighted by atomic mass is 16.3. The Hall–Kier alpha value is -1.02. The molecule has 0 radical (unpaired) electrons. The first-order valence-corrected chi connectivity index (χ1v) is 7.53. The lowest BCUT2D eigenvalue weighted by Crippen LogP contribution is -2.38. The Morgan fingerprint density at radius 1 is 1.32 bits per heavy atom. The highest BCUT2D eigenvalue weighted by molar-refractivity contribution is 5.48. The van der Waals surface area contributed by atoms with E-state index in [4.69, 9.17) is 4.42 Å². The quantitative estimate of drug-likeness (QED) is 0.854. The van der Waals surface area contributed by atoms with Crippen LogP contribution in [0, 0.1) is 5.92 Å². The Labute approximate surface area is 117 Å². The summed E-state index contributed by atoms with van der Waals surface area (Å²) < 4.78 is 5.48. The summed E-state index contributed by atoms with van der Waals surface area (Å²) in [6.07, 6.45) is 10.8. The Balaban J connectivity index is 2.08. The molecule has 19 heavy (non-hydrogen) atoms. The van der Waals surface area contributed by atoms with E-state index in [1.165, 1.54) is 37.7 Å². The van der Waals surface area contributed by atoms with Gasteiger partial charge in [-0.3, -0.25) is 0 Å². The molecule has 2 rings (SSSR count). The Kier molecular flexibility index (Phi) is 4.87. The minimum absolute atomic E-state index is 0.164. The molecule has 0 aliphatic heterocycles. The van der Waals surface area contributed by atoms with E-state index in [-0.39, 0.29) is 5.54 Å². The lowest BCUT2D eigenvalue weighted by atomic mass is 9.83. The van der Waals surface area contributed by atoms with Gasteiger partial charge in [0.05, 0.1) is 6.26 Å². The van der Waals surface area contributed by atoms with Crippen molar-refractivity contribution in [1.29, 1.82) is 0 Å². The Morgan fingerprint density at radius 3 is 2.63 bits per heavy atom. The number of hydrogen-bond donors (Lipinski definition) is 1. The summed E-state index contributed by atoms with van der Waals surface area (Å²) in [5, 5.41) is 3.62. The first-order chi connectivity index (χ1) is 9.04. The van der Waals surface area contributed by atoms with Gasteiger partial charge in [-0.1, -0.05) is 19.3 Å². The van der Waals surface area contributed by atoms with Gasteiger partial charge in [-0.05, 0) is 63.3 Å². The van der Waals surface area contributed by atoms with Gasteiger partial charge in [0.15, 0.2) is 0 Å². The normalized spacial score (nSPS) is 18.8. The molecule has 1 fully saturated rings. The van der Waals surface area contributed by atoms with Crippen molar-refractivity contribution < 1.29 is 4.42 Å². The smallest absolute Gasteiger partial charge is 0.126 e. The third-order valence-electron chi connectivity index (χ3n) is 3.82. The molecule has 0 amide bonds. The zero-order valence-corrected chi connectivity index (χ0v) is 12.5. The lowest BCUT2D eigenvalue weighted by molar-refractivity contribution is 0.378. The van der Waals surface area contributed by atoms with E-state index in [0.29, 0.717) is 0 Å². The van der Waals surface area contributed by atoms with E-state index in [2.05, 4.69) is 32.2 Å². The second-order valence-electron chi connectivity index (χ2n) is 6.67. The summed E-state index contributed by atoms with van der Waals surface area (Å²) in [5.41, 5.74) is 1.67. The maximum absolute atomic E-state index is 5.48. The molecule has 1 aliphatic rings. The van der Waals surface area contributed by atoms with E-state index < -0.39 is 0 Å². The minimum atomic E-state index is 0.164. The number of nitrogens with one attached hydrogen (secondary N) is 1. The van der Waals surface area contributed by atoms with Crippen molar-refractivity contribution in [3.8, 4) is 0 Å². The van der Waals surface area contributed by atoms with Crippen molar-refractivity contribution in [3.05, 3.63) is 29.7 Å². The van der Waals surface area contributed by atoms with Gasteiger partial charge < -0.3 is 9.73 Å². The van der Waals surface area contributed by atoms with Crippen LogP contribution in [0.15, 0.2) is 28.4 Å². The van der Waals surface area contributed by atoms with Crippen molar-refractivity contribution in [3.63, 3.8) is 0 Å². The van der Waals surface area contributed by atoms with E-state index in [1.807, 2.05) is 12.1 Å². The molecule has 2 nitrogen and oxygen atoms in total. The van der Waals surface area contributed by atoms with E-state index in [0.717, 1.165) is 18.2 Å². The van der Waals surface area contributed by atoms with Gasteiger partial charge >= 0.3 is 0 Å². The SMILES string of the molecule is CC(C)(C)NCC(=Cc1ccco1)C1CCCCC1. The molecule has 106 valence electrons. The molecule has 0 unspecified atom stereocenters. The number of hydrogen-bond acceptors (Lipinski definition) is 2. The average molecular weight is 261 g/mol. The van der Waals surface area contributed by atoms with Gasteiger partial charge in [-0.2, -0.15) is 0 Å². The molecule has 1 aromatic heterocycles. The maximum atomic E-state index is 5.48. The Morgan fingerprint density at radius 2 is 2.05 bits per heavy atom. The van der Waals surface area contributed by atoms with Gasteiger partial charge in [-0.15, -0.1) is 0 Å². The fourth-order valence-corrected chi connectivity index (χ4v) is 2.71. The second-order valence-corrected chi connectivity index (χ2v) is 6.67. The van der Waals surface area contributed by atoms with Crippen LogP contribution in [0.1, 0.15) is 58.6 Å². The van der Waals surface area contributed by atoms with Crippen LogP contribution in [0.25, 0.3) is 6.08 Å². The first-order valence-electron chi connectivity index (χ1n) is 7.53. The molecule has 2 heteroatoms. The first kappa shape index (κ1) is 14.4. The van der Waals surface area contributed by atoms with E-state index >= 15 is 0 Å². The highest BCUT2D eigenvalue weighted by Gasteiger charge is 2.19. The van der Waals surface area contributed by atoms with Gasteiger partial charge in [0, 0.05) is 12.1 Å². The molecule has 1 heterocycles. The van der Waals surface area contributed by atoms with Crippen molar-refractivity contribution >= 4 is 6.08 Å². The number of rotatable bonds is 4. The monoisotopic (exact) mass is 261 g/mol. The molecular weight excluding hydrogens is 234 g/mol. The molecular formula is C17H27NO. The fraction of sp³-hybridized carbons (Fsp3) is 0.647. The zero-order valence-electron chi connectivity index (χ0n) is 12.5. The predicted octanol–water partition coefficient (Wildman–Crippen LogP) is 4.63. The average Bonchev–Trinajstić information content (AvgIpc) is 2.87. The zero-order chi connectivity index (χ0) is 13.7. The van der Waals surface area contributed by atoms with Gasteiger partial charge in [-0.25, -0.2) is 0 Å². The van der Waals surface area contributed by atoms with Crippen LogP contribution < -0.4 is 5.32 Å². The summed E-state index contributed by atoms with van der Waals surface area (Å²) in [6.45, 7) is 7.63. The largest absolute Gasteiger partial charge is 0.465 e. The topological polar surface area (TPSA) is 25.2 Å². The van der Waals surface area contributed by atoms with E-state index in [1.54, 1.807) is 6.26 Å². The van der Waals surface area contributed by atoms with Crippen LogP contribution in [0.5, 0.6) is 0 Å². The van der Waals surface area contributed by atoms with Crippen LogP contribution in [-0.2, 0) is 0 Å². The van der Waals surface area contributed by atoms with Gasteiger partial charge in [0.1, 0.15) is 5.76 Å². The highest BCUT2D eigenvalue weighted by Crippen LogP contribution is 2.30. The molecule has 0 spiro atoms. The summed E-state index contributed by atoms with van der Waals surface area (Å²) in [7, 11) is 0. The Bertz CT molecular complexity index is 391. The number of furan rings is 1. The molecule has 1 saturated carbocycles. The summed E-state index contributed by atoms with van der Waals surface area (Å²) >= 11 is 0. The van der Waals surface area contributed by atoms with Crippen molar-refractivity contribution in [1.82, 2.24) is 5.32 Å². The van der Waals surface area contributed by atoms with Crippen molar-refractivity contribution in [2.45, 2.75) is 58.4 Å². The second kappa shape index (κ2) is 6.42. The van der Waals surface area contributed by atoms with Crippen molar-refractivity contribution in [2.24, 2.45) is 5.92 Å². The van der Waals surface area contributed by atoms with Crippen LogP contribution in [0.3, 0.4) is 0 Å². The van der Waals surface area contributed by atoms with E-state index in [9.17, 15) is 0 Å². The van der Waals surface area contributed by atoms with Crippen molar-refractivity contribution in [2.75, 3.05) is 6.54 Å². The summed E-state index contributed by atoms with van der Waals surface area (Å²) in [4.78, 5) is 0. The predicted molar refractivity (Wildman–Crippen MR) is 81.0 cm³/mol. The molecule has 0 bridgehead atoms. The third kappa shape index (κ3) is 4.87. The summed E-state index contributed by atoms with van der Waals surface area (Å²) in [5.74, 6) is 1.71. The molecule has 0 aromatic carbocycles. The van der Waals surface area contributed by atoms with Gasteiger partial charge in [0.25, 0.3) is 0 Å². The third-order valence-corrected chi connectivity index (χ3v) is 3.82. The molecule has 1 aromatic rings. The fourth-order valence-electron chi connectivity index (χ4n) is 2.71. The van der Waals surface area contributed by atoms with Crippen LogP contribution >= 0.6 is 0 Å². The molecule has 0 saturated heterocycles. The van der Waals surface area contributed by atoms with Gasteiger partial charge in [0.2, 0.25) is 0 Å². The standard InChI is InChI=1S/C17H27NO/c1-17(2,3)18-13-15(12-16-10-7-11-19-16)14-8-5-4-6-9-14/h7,10-12,14,18H,4-6,8-9,13H2,1-3H3. The van der Waals surface area contributed by atoms with Crippen LogP contribution in [0.2, 0.25) is 0 Å². The van der Waals surface area contributed by atoms with Crippen LogP contribution in [0.4, 0.5) is 0 Å². The maximum Gasteiger partial charge on any atom is 0.126 e. The van der Waals surface area contributed by atoms with Crippen LogP contribution in [-0.4, -0.2) is 12.1 Å². The molecule has 1 N–H and O–H groups in total. The minimum Gasteiger partial charge on any atom is -0.465 e.